The Bertz CT molecular complexity index is 438. The van der Waals surface area contributed by atoms with Gasteiger partial charge in [-0.3, -0.25) is 0 Å². The fraction of sp³-hybridized carbons (Fsp3) is 0.562. The summed E-state index contributed by atoms with van der Waals surface area (Å²) in [6.45, 7) is 4.46. The summed E-state index contributed by atoms with van der Waals surface area (Å²) >= 11 is 3.72. The highest BCUT2D eigenvalue weighted by Crippen LogP contribution is 2.34. The van der Waals surface area contributed by atoms with Crippen LogP contribution in [0.4, 0.5) is 0 Å². The summed E-state index contributed by atoms with van der Waals surface area (Å²) in [7, 11) is 2.19. The monoisotopic (exact) mass is 323 g/mol. The first-order valence-corrected chi connectivity index (χ1v) is 7.82. The molecule has 0 bridgehead atoms. The maximum atomic E-state index is 10.6. The van der Waals surface area contributed by atoms with Crippen molar-refractivity contribution in [2.24, 2.45) is 0 Å². The Morgan fingerprint density at radius 2 is 2.11 bits per heavy atom. The number of carbonyl (C=O) groups is 1. The van der Waals surface area contributed by atoms with Crippen LogP contribution in [0.5, 0.6) is 0 Å². The highest BCUT2D eigenvalue weighted by Gasteiger charge is 2.20. The van der Waals surface area contributed by atoms with Gasteiger partial charge in [-0.25, -0.2) is 0 Å². The van der Waals surface area contributed by atoms with Gasteiger partial charge in [-0.15, -0.1) is 0 Å². The minimum atomic E-state index is 0.306. The minimum Gasteiger partial charge on any atom is -0.306 e. The number of hydrogen-bond donors (Lipinski definition) is 0. The van der Waals surface area contributed by atoms with E-state index in [0.29, 0.717) is 18.3 Å². The standard InChI is InChI=1S/C16H22BrNO/c1-12(7-10-19)14-3-4-15(16(17)11-14)13-5-8-18(2)9-6-13/h3-4,10-13H,5-9H2,1-2H3. The molecule has 0 aromatic heterocycles. The molecule has 0 aliphatic carbocycles. The highest BCUT2D eigenvalue weighted by atomic mass is 79.9. The number of benzene rings is 1. The fourth-order valence-corrected chi connectivity index (χ4v) is 3.50. The van der Waals surface area contributed by atoms with Crippen molar-refractivity contribution in [3.63, 3.8) is 0 Å². The molecule has 0 amide bonds. The second kappa shape index (κ2) is 6.67. The van der Waals surface area contributed by atoms with Gasteiger partial charge in [0.25, 0.3) is 0 Å². The molecule has 1 atom stereocenters. The van der Waals surface area contributed by atoms with Crippen LogP contribution < -0.4 is 0 Å². The van der Waals surface area contributed by atoms with E-state index in [9.17, 15) is 4.79 Å². The highest BCUT2D eigenvalue weighted by molar-refractivity contribution is 9.10. The van der Waals surface area contributed by atoms with E-state index in [1.54, 1.807) is 0 Å². The Hall–Kier alpha value is -0.670. The van der Waals surface area contributed by atoms with Crippen LogP contribution in [0, 0.1) is 0 Å². The molecule has 0 radical (unpaired) electrons. The third kappa shape index (κ3) is 3.67. The SMILES string of the molecule is CC(CC=O)c1ccc(C2CCN(C)CC2)c(Br)c1. The van der Waals surface area contributed by atoms with E-state index in [1.165, 1.54) is 41.5 Å². The summed E-state index contributed by atoms with van der Waals surface area (Å²) in [5.74, 6) is 0.973. The lowest BCUT2D eigenvalue weighted by atomic mass is 9.88. The first kappa shape index (κ1) is 14.7. The van der Waals surface area contributed by atoms with E-state index in [0.717, 1.165) is 6.29 Å². The van der Waals surface area contributed by atoms with Gasteiger partial charge < -0.3 is 9.69 Å². The molecule has 2 rings (SSSR count). The van der Waals surface area contributed by atoms with Crippen LogP contribution in [0.3, 0.4) is 0 Å². The molecule has 1 aliphatic heterocycles. The molecular formula is C16H22BrNO. The fourth-order valence-electron chi connectivity index (χ4n) is 2.78. The second-order valence-electron chi connectivity index (χ2n) is 5.66. The molecule has 1 aromatic carbocycles. The molecule has 104 valence electrons. The van der Waals surface area contributed by atoms with Gasteiger partial charge in [0.2, 0.25) is 0 Å². The summed E-state index contributed by atoms with van der Waals surface area (Å²) in [6, 6.07) is 6.63. The Morgan fingerprint density at radius 1 is 1.42 bits per heavy atom. The lowest BCUT2D eigenvalue weighted by Gasteiger charge is -2.30. The van der Waals surface area contributed by atoms with Crippen molar-refractivity contribution < 1.29 is 4.79 Å². The third-order valence-electron chi connectivity index (χ3n) is 4.20. The summed E-state index contributed by atoms with van der Waals surface area (Å²) < 4.78 is 1.21. The van der Waals surface area contributed by atoms with Crippen molar-refractivity contribution in [1.82, 2.24) is 4.90 Å². The molecule has 1 saturated heterocycles. The van der Waals surface area contributed by atoms with E-state index < -0.39 is 0 Å². The van der Waals surface area contributed by atoms with Crippen LogP contribution >= 0.6 is 15.9 Å². The third-order valence-corrected chi connectivity index (χ3v) is 4.89. The van der Waals surface area contributed by atoms with Crippen LogP contribution in [-0.2, 0) is 4.79 Å². The first-order valence-electron chi connectivity index (χ1n) is 7.03. The zero-order valence-corrected chi connectivity index (χ0v) is 13.3. The molecule has 3 heteroatoms. The topological polar surface area (TPSA) is 20.3 Å². The number of aldehydes is 1. The molecule has 19 heavy (non-hydrogen) atoms. The summed E-state index contributed by atoms with van der Waals surface area (Å²) in [6.07, 6.45) is 4.07. The Kier molecular flexibility index (Phi) is 5.17. The predicted octanol–water partition coefficient (Wildman–Crippen LogP) is 3.95. The molecule has 2 nitrogen and oxygen atoms in total. The normalized spacial score (nSPS) is 19.3. The van der Waals surface area contributed by atoms with Crippen molar-refractivity contribution in [1.29, 1.82) is 0 Å². The van der Waals surface area contributed by atoms with Gasteiger partial charge in [-0.2, -0.15) is 0 Å². The largest absolute Gasteiger partial charge is 0.306 e. The summed E-state index contributed by atoms with van der Waals surface area (Å²) in [4.78, 5) is 13.0. The smallest absolute Gasteiger partial charge is 0.120 e. The quantitative estimate of drug-likeness (QED) is 0.782. The molecule has 1 heterocycles. The number of carbonyl (C=O) groups excluding carboxylic acids is 1. The zero-order chi connectivity index (χ0) is 13.8. The molecule has 1 aromatic rings. The van der Waals surface area contributed by atoms with Gasteiger partial charge in [0.1, 0.15) is 6.29 Å². The lowest BCUT2D eigenvalue weighted by molar-refractivity contribution is -0.108. The van der Waals surface area contributed by atoms with Crippen molar-refractivity contribution in [3.05, 3.63) is 33.8 Å². The Balaban J connectivity index is 2.13. The molecule has 0 N–H and O–H groups in total. The molecule has 0 saturated carbocycles. The van der Waals surface area contributed by atoms with Crippen LogP contribution in [0.2, 0.25) is 0 Å². The number of rotatable bonds is 4. The van der Waals surface area contributed by atoms with E-state index in [1.807, 2.05) is 0 Å². The molecular weight excluding hydrogens is 302 g/mol. The van der Waals surface area contributed by atoms with Crippen molar-refractivity contribution >= 4 is 22.2 Å². The van der Waals surface area contributed by atoms with E-state index >= 15 is 0 Å². The van der Waals surface area contributed by atoms with Gasteiger partial charge in [-0.05, 0) is 62.0 Å². The number of nitrogens with zero attached hydrogens (tertiary/aromatic N) is 1. The van der Waals surface area contributed by atoms with E-state index in [-0.39, 0.29) is 0 Å². The van der Waals surface area contributed by atoms with E-state index in [4.69, 9.17) is 0 Å². The molecule has 0 spiro atoms. The van der Waals surface area contributed by atoms with E-state index in [2.05, 4.69) is 53.0 Å². The molecule has 1 aliphatic rings. The van der Waals surface area contributed by atoms with Crippen LogP contribution in [-0.4, -0.2) is 31.3 Å². The van der Waals surface area contributed by atoms with Gasteiger partial charge >= 0.3 is 0 Å². The maximum absolute atomic E-state index is 10.6. The maximum Gasteiger partial charge on any atom is 0.120 e. The predicted molar refractivity (Wildman–Crippen MR) is 82.7 cm³/mol. The Labute approximate surface area is 124 Å². The minimum absolute atomic E-state index is 0.306. The summed E-state index contributed by atoms with van der Waals surface area (Å²) in [5, 5.41) is 0. The molecule has 1 unspecified atom stereocenters. The van der Waals surface area contributed by atoms with Crippen molar-refractivity contribution in [2.75, 3.05) is 20.1 Å². The van der Waals surface area contributed by atoms with Crippen LogP contribution in [0.15, 0.2) is 22.7 Å². The van der Waals surface area contributed by atoms with Gasteiger partial charge in [0.05, 0.1) is 0 Å². The van der Waals surface area contributed by atoms with Gasteiger partial charge in [0.15, 0.2) is 0 Å². The van der Waals surface area contributed by atoms with Gasteiger partial charge in [0, 0.05) is 10.9 Å². The first-order chi connectivity index (χ1) is 9.11. The van der Waals surface area contributed by atoms with Gasteiger partial charge in [-0.1, -0.05) is 35.0 Å². The van der Waals surface area contributed by atoms with Crippen molar-refractivity contribution in [2.45, 2.75) is 38.0 Å². The zero-order valence-electron chi connectivity index (χ0n) is 11.7. The summed E-state index contributed by atoms with van der Waals surface area (Å²) in [5.41, 5.74) is 2.67. The average molecular weight is 324 g/mol. The number of likely N-dealkylation sites (tertiary alicyclic amines) is 1. The molecule has 1 fully saturated rings. The Morgan fingerprint density at radius 3 is 2.68 bits per heavy atom. The number of hydrogen-bond acceptors (Lipinski definition) is 2. The number of piperidine rings is 1. The van der Waals surface area contributed by atoms with Crippen LogP contribution in [0.25, 0.3) is 0 Å². The van der Waals surface area contributed by atoms with Crippen LogP contribution in [0.1, 0.15) is 49.1 Å². The second-order valence-corrected chi connectivity index (χ2v) is 6.52. The lowest BCUT2D eigenvalue weighted by Crippen LogP contribution is -2.29. The average Bonchev–Trinajstić information content (AvgIpc) is 2.40. The number of halogens is 1. The van der Waals surface area contributed by atoms with Crippen molar-refractivity contribution in [3.8, 4) is 0 Å².